The molecule has 1 heterocycles. The minimum atomic E-state index is -4.42. The average molecular weight is 329 g/mol. The van der Waals surface area contributed by atoms with Crippen molar-refractivity contribution < 1.29 is 27.2 Å². The van der Waals surface area contributed by atoms with Crippen LogP contribution >= 0.6 is 0 Å². The smallest absolute Gasteiger partial charge is 0.416 e. The Hall–Kier alpha value is -2.58. The second-order valence-corrected chi connectivity index (χ2v) is 4.80. The van der Waals surface area contributed by atoms with E-state index in [1.807, 2.05) is 0 Å². The number of hydrogen-bond donors (Lipinski definition) is 1. The van der Waals surface area contributed by atoms with Gasteiger partial charge in [-0.1, -0.05) is 5.16 Å². The van der Waals surface area contributed by atoms with Crippen LogP contribution in [-0.2, 0) is 11.0 Å². The van der Waals surface area contributed by atoms with Crippen molar-refractivity contribution in [1.29, 1.82) is 0 Å². The molecule has 0 bridgehead atoms. The van der Waals surface area contributed by atoms with Crippen molar-refractivity contribution in [3.05, 3.63) is 42.0 Å². The SMILES string of the molecule is C[C@@H](Oc1ccc(C(F)(F)F)cc1)C(=O)N[C@H](C)c1ncon1. The lowest BCUT2D eigenvalue weighted by atomic mass is 10.2. The second kappa shape index (κ2) is 6.67. The second-order valence-electron chi connectivity index (χ2n) is 4.80. The molecule has 0 aliphatic carbocycles. The van der Waals surface area contributed by atoms with E-state index < -0.39 is 29.8 Å². The minimum Gasteiger partial charge on any atom is -0.481 e. The molecule has 124 valence electrons. The number of carbonyl (C=O) groups is 1. The maximum atomic E-state index is 12.5. The lowest BCUT2D eigenvalue weighted by molar-refractivity contribution is -0.137. The first-order chi connectivity index (χ1) is 10.8. The summed E-state index contributed by atoms with van der Waals surface area (Å²) < 4.78 is 47.3. The number of amides is 1. The van der Waals surface area contributed by atoms with Gasteiger partial charge in [-0.15, -0.1) is 0 Å². The lowest BCUT2D eigenvalue weighted by Crippen LogP contribution is -2.38. The molecular weight excluding hydrogens is 315 g/mol. The van der Waals surface area contributed by atoms with Crippen LogP contribution in [0.5, 0.6) is 5.75 Å². The van der Waals surface area contributed by atoms with Crippen LogP contribution in [0, 0.1) is 0 Å². The topological polar surface area (TPSA) is 77.2 Å². The zero-order valence-electron chi connectivity index (χ0n) is 12.3. The summed E-state index contributed by atoms with van der Waals surface area (Å²) in [5.41, 5.74) is -0.785. The zero-order valence-corrected chi connectivity index (χ0v) is 12.3. The molecule has 0 aliphatic rings. The fourth-order valence-corrected chi connectivity index (χ4v) is 1.74. The molecule has 0 radical (unpaired) electrons. The van der Waals surface area contributed by atoms with Crippen molar-refractivity contribution in [3.8, 4) is 5.75 Å². The monoisotopic (exact) mass is 329 g/mol. The van der Waals surface area contributed by atoms with Crippen LogP contribution in [0.15, 0.2) is 35.2 Å². The van der Waals surface area contributed by atoms with Gasteiger partial charge in [0.2, 0.25) is 6.39 Å². The van der Waals surface area contributed by atoms with E-state index in [0.717, 1.165) is 30.7 Å². The Morgan fingerprint density at radius 3 is 2.43 bits per heavy atom. The fraction of sp³-hybridized carbons (Fsp3) is 0.357. The molecule has 0 saturated carbocycles. The molecule has 0 spiro atoms. The number of hydrogen-bond acceptors (Lipinski definition) is 5. The van der Waals surface area contributed by atoms with Crippen LogP contribution in [0.1, 0.15) is 31.3 Å². The molecule has 1 N–H and O–H groups in total. The van der Waals surface area contributed by atoms with Crippen LogP contribution in [0.3, 0.4) is 0 Å². The minimum absolute atomic E-state index is 0.160. The third kappa shape index (κ3) is 4.44. The van der Waals surface area contributed by atoms with Gasteiger partial charge in [-0.3, -0.25) is 4.79 Å². The van der Waals surface area contributed by atoms with Crippen LogP contribution in [0.25, 0.3) is 0 Å². The summed E-state index contributed by atoms with van der Waals surface area (Å²) in [6.45, 7) is 3.14. The van der Waals surface area contributed by atoms with Gasteiger partial charge in [-0.05, 0) is 38.1 Å². The van der Waals surface area contributed by atoms with Gasteiger partial charge in [0.1, 0.15) is 5.75 Å². The van der Waals surface area contributed by atoms with Crippen LogP contribution in [0.2, 0.25) is 0 Å². The molecule has 9 heteroatoms. The molecule has 6 nitrogen and oxygen atoms in total. The van der Waals surface area contributed by atoms with E-state index in [9.17, 15) is 18.0 Å². The highest BCUT2D eigenvalue weighted by Crippen LogP contribution is 2.30. The first-order valence-corrected chi connectivity index (χ1v) is 6.68. The normalized spacial score (nSPS) is 14.1. The maximum Gasteiger partial charge on any atom is 0.416 e. The van der Waals surface area contributed by atoms with Gasteiger partial charge >= 0.3 is 6.18 Å². The highest BCUT2D eigenvalue weighted by atomic mass is 19.4. The van der Waals surface area contributed by atoms with E-state index >= 15 is 0 Å². The van der Waals surface area contributed by atoms with Gasteiger partial charge in [-0.25, -0.2) is 0 Å². The Balaban J connectivity index is 1.93. The molecule has 2 aromatic rings. The predicted molar refractivity (Wildman–Crippen MR) is 72.4 cm³/mol. The standard InChI is InChI=1S/C14H14F3N3O3/c1-8(12-18-7-22-20-12)19-13(21)9(2)23-11-5-3-10(4-6-11)14(15,16)17/h3-9H,1-2H3,(H,19,21)/t8-,9-/m1/s1. The highest BCUT2D eigenvalue weighted by molar-refractivity contribution is 5.81. The Kier molecular flexibility index (Phi) is 4.87. The van der Waals surface area contributed by atoms with Crippen molar-refractivity contribution in [2.75, 3.05) is 0 Å². The Morgan fingerprint density at radius 2 is 1.91 bits per heavy atom. The summed E-state index contributed by atoms with van der Waals surface area (Å²) in [5, 5.41) is 6.21. The predicted octanol–water partition coefficient (Wildman–Crippen LogP) is 2.73. The summed E-state index contributed by atoms with van der Waals surface area (Å²) in [5.74, 6) is 0.00939. The third-order valence-electron chi connectivity index (χ3n) is 2.99. The number of nitrogens with zero attached hydrogens (tertiary/aromatic N) is 2. The van der Waals surface area contributed by atoms with Crippen molar-refractivity contribution >= 4 is 5.91 Å². The number of carbonyl (C=O) groups excluding carboxylic acids is 1. The summed E-state index contributed by atoms with van der Waals surface area (Å²) in [6, 6.07) is 3.62. The molecule has 1 aromatic heterocycles. The molecule has 0 unspecified atom stereocenters. The maximum absolute atomic E-state index is 12.5. The van der Waals surface area contributed by atoms with Crippen molar-refractivity contribution in [1.82, 2.24) is 15.5 Å². The molecule has 1 aromatic carbocycles. The first kappa shape index (κ1) is 16.8. The van der Waals surface area contributed by atoms with Crippen LogP contribution in [0.4, 0.5) is 13.2 Å². The Bertz CT molecular complexity index is 642. The number of rotatable bonds is 5. The Morgan fingerprint density at radius 1 is 1.26 bits per heavy atom. The molecule has 2 rings (SSSR count). The summed E-state index contributed by atoms with van der Waals surface area (Å²) in [7, 11) is 0. The number of alkyl halides is 3. The van der Waals surface area contributed by atoms with Crippen molar-refractivity contribution in [3.63, 3.8) is 0 Å². The third-order valence-corrected chi connectivity index (χ3v) is 2.99. The Labute approximate surface area is 129 Å². The van der Waals surface area contributed by atoms with Gasteiger partial charge in [0.25, 0.3) is 5.91 Å². The quantitative estimate of drug-likeness (QED) is 0.913. The largest absolute Gasteiger partial charge is 0.481 e. The van der Waals surface area contributed by atoms with Gasteiger partial charge in [0, 0.05) is 0 Å². The van der Waals surface area contributed by atoms with Gasteiger partial charge in [0.05, 0.1) is 11.6 Å². The summed E-state index contributed by atoms with van der Waals surface area (Å²) in [4.78, 5) is 15.8. The van der Waals surface area contributed by atoms with E-state index in [1.165, 1.54) is 6.92 Å². The van der Waals surface area contributed by atoms with Crippen molar-refractivity contribution in [2.24, 2.45) is 0 Å². The molecule has 1 amide bonds. The molecule has 2 atom stereocenters. The van der Waals surface area contributed by atoms with Gasteiger partial charge < -0.3 is 14.6 Å². The highest BCUT2D eigenvalue weighted by Gasteiger charge is 2.30. The van der Waals surface area contributed by atoms with Crippen molar-refractivity contribution in [2.45, 2.75) is 32.2 Å². The van der Waals surface area contributed by atoms with Crippen LogP contribution < -0.4 is 10.1 Å². The number of aromatic nitrogens is 2. The molecule has 0 saturated heterocycles. The number of nitrogens with one attached hydrogen (secondary N) is 1. The number of benzene rings is 1. The number of ether oxygens (including phenoxy) is 1. The molecule has 0 aliphatic heterocycles. The first-order valence-electron chi connectivity index (χ1n) is 6.68. The zero-order chi connectivity index (χ0) is 17.0. The summed E-state index contributed by atoms with van der Waals surface area (Å²) >= 11 is 0. The summed E-state index contributed by atoms with van der Waals surface area (Å²) in [6.07, 6.45) is -4.18. The number of halogens is 3. The molecular formula is C14H14F3N3O3. The molecule has 23 heavy (non-hydrogen) atoms. The van der Waals surface area contributed by atoms with E-state index in [1.54, 1.807) is 6.92 Å². The average Bonchev–Trinajstić information content (AvgIpc) is 3.01. The lowest BCUT2D eigenvalue weighted by Gasteiger charge is -2.17. The van der Waals surface area contributed by atoms with Crippen LogP contribution in [-0.4, -0.2) is 22.2 Å². The fourth-order valence-electron chi connectivity index (χ4n) is 1.74. The van der Waals surface area contributed by atoms with E-state index in [0.29, 0.717) is 5.82 Å². The molecule has 0 fully saturated rings. The van der Waals surface area contributed by atoms with E-state index in [2.05, 4.69) is 20.0 Å². The van der Waals surface area contributed by atoms with Gasteiger partial charge in [0.15, 0.2) is 11.9 Å². The van der Waals surface area contributed by atoms with Gasteiger partial charge in [-0.2, -0.15) is 18.2 Å². The van der Waals surface area contributed by atoms with E-state index in [4.69, 9.17) is 4.74 Å². The van der Waals surface area contributed by atoms with E-state index in [-0.39, 0.29) is 5.75 Å².